The molecule has 0 unspecified atom stereocenters. The zero-order valence-electron chi connectivity index (χ0n) is 11.6. The molecule has 0 aliphatic heterocycles. The Kier molecular flexibility index (Phi) is 4.47. The zero-order chi connectivity index (χ0) is 13.8. The van der Waals surface area contributed by atoms with Crippen molar-refractivity contribution in [1.82, 2.24) is 10.2 Å². The summed E-state index contributed by atoms with van der Waals surface area (Å²) in [6, 6.07) is 8.07. The van der Waals surface area contributed by atoms with Crippen molar-refractivity contribution in [3.63, 3.8) is 0 Å². The third-order valence-corrected chi connectivity index (χ3v) is 4.15. The fraction of sp³-hybridized carbons (Fsp3) is 0.429. The number of hydrogen-bond donors (Lipinski definition) is 0. The molecule has 1 aromatic carbocycles. The van der Waals surface area contributed by atoms with Gasteiger partial charge in [-0.3, -0.25) is 0 Å². The first-order valence-corrected chi connectivity index (χ1v) is 7.14. The van der Waals surface area contributed by atoms with Crippen LogP contribution in [0.3, 0.4) is 0 Å². The Morgan fingerprint density at radius 2 is 1.89 bits per heavy atom. The number of aryl methyl sites for hydroxylation is 1. The first-order chi connectivity index (χ1) is 9.11. The van der Waals surface area contributed by atoms with Crippen molar-refractivity contribution in [3.8, 4) is 5.75 Å². The molecular formula is C14H18N2O2S. The second kappa shape index (κ2) is 6.10. The van der Waals surface area contributed by atoms with Crippen molar-refractivity contribution in [2.75, 3.05) is 7.11 Å². The second-order valence-corrected chi connectivity index (χ2v) is 6.01. The average molecular weight is 278 g/mol. The molecule has 19 heavy (non-hydrogen) atoms. The molecule has 0 aliphatic carbocycles. The lowest BCUT2D eigenvalue weighted by molar-refractivity contribution is 0.410. The molecule has 0 radical (unpaired) electrons. The fourth-order valence-electron chi connectivity index (χ4n) is 1.92. The summed E-state index contributed by atoms with van der Waals surface area (Å²) in [6.07, 6.45) is 0. The number of rotatable bonds is 5. The van der Waals surface area contributed by atoms with Crippen LogP contribution in [0.4, 0.5) is 0 Å². The Morgan fingerprint density at radius 3 is 2.53 bits per heavy atom. The van der Waals surface area contributed by atoms with E-state index in [1.54, 1.807) is 25.8 Å². The smallest absolute Gasteiger partial charge is 0.229 e. The van der Waals surface area contributed by atoms with Crippen LogP contribution in [-0.2, 0) is 0 Å². The summed E-state index contributed by atoms with van der Waals surface area (Å²) in [5.41, 5.74) is 1.18. The molecule has 1 aromatic heterocycles. The Morgan fingerprint density at radius 1 is 1.16 bits per heavy atom. The predicted molar refractivity (Wildman–Crippen MR) is 76.5 cm³/mol. The topological polar surface area (TPSA) is 48.2 Å². The van der Waals surface area contributed by atoms with Gasteiger partial charge in [-0.15, -0.1) is 22.0 Å². The third kappa shape index (κ3) is 3.29. The first kappa shape index (κ1) is 13.9. The van der Waals surface area contributed by atoms with Crippen LogP contribution in [0, 0.1) is 6.92 Å². The van der Waals surface area contributed by atoms with Crippen LogP contribution in [0.2, 0.25) is 0 Å². The number of thioether (sulfide) groups is 1. The number of benzene rings is 1. The summed E-state index contributed by atoms with van der Waals surface area (Å²) in [7, 11) is 1.70. The predicted octanol–water partition coefficient (Wildman–Crippen LogP) is 3.94. The van der Waals surface area contributed by atoms with Gasteiger partial charge in [0.2, 0.25) is 11.8 Å². The van der Waals surface area contributed by atoms with Crippen LogP contribution >= 0.6 is 11.8 Å². The zero-order valence-corrected chi connectivity index (χ0v) is 12.4. The van der Waals surface area contributed by atoms with Gasteiger partial charge >= 0.3 is 0 Å². The minimum absolute atomic E-state index is 0.154. The van der Waals surface area contributed by atoms with E-state index in [1.165, 1.54) is 5.56 Å². The molecule has 0 N–H and O–H groups in total. The van der Waals surface area contributed by atoms with Crippen molar-refractivity contribution in [2.24, 2.45) is 0 Å². The molecule has 0 bridgehead atoms. The molecular weight excluding hydrogens is 260 g/mol. The highest BCUT2D eigenvalue weighted by Gasteiger charge is 2.19. The highest BCUT2D eigenvalue weighted by atomic mass is 32.2. The maximum absolute atomic E-state index is 5.46. The van der Waals surface area contributed by atoms with Crippen molar-refractivity contribution < 1.29 is 9.15 Å². The van der Waals surface area contributed by atoms with E-state index in [2.05, 4.69) is 30.1 Å². The van der Waals surface area contributed by atoms with Crippen molar-refractivity contribution >= 4 is 11.8 Å². The molecule has 4 nitrogen and oxygen atoms in total. The minimum atomic E-state index is 0.154. The van der Waals surface area contributed by atoms with E-state index in [4.69, 9.17) is 9.15 Å². The summed E-state index contributed by atoms with van der Waals surface area (Å²) < 4.78 is 10.9. The van der Waals surface area contributed by atoms with Crippen molar-refractivity contribution in [2.45, 2.75) is 31.3 Å². The van der Waals surface area contributed by atoms with Crippen LogP contribution < -0.4 is 4.74 Å². The van der Waals surface area contributed by atoms with E-state index in [1.807, 2.05) is 18.2 Å². The minimum Gasteiger partial charge on any atom is -0.496 e. The number of methoxy groups -OCH3 is 1. The molecule has 2 aromatic rings. The average Bonchev–Trinajstić information content (AvgIpc) is 2.85. The van der Waals surface area contributed by atoms with Gasteiger partial charge in [-0.1, -0.05) is 18.2 Å². The van der Waals surface area contributed by atoms with Crippen LogP contribution in [0.15, 0.2) is 28.7 Å². The number of aromatic nitrogens is 2. The number of para-hydroxylation sites is 1. The van der Waals surface area contributed by atoms with Gasteiger partial charge in [0.1, 0.15) is 5.75 Å². The lowest BCUT2D eigenvalue weighted by Crippen LogP contribution is -1.97. The van der Waals surface area contributed by atoms with E-state index < -0.39 is 0 Å². The fourth-order valence-corrected chi connectivity index (χ4v) is 3.08. The van der Waals surface area contributed by atoms with E-state index in [-0.39, 0.29) is 5.25 Å². The van der Waals surface area contributed by atoms with E-state index >= 15 is 0 Å². The second-order valence-electron chi connectivity index (χ2n) is 4.32. The SMILES string of the molecule is COc1ccccc1[C@@H](C)S[C@H](C)c1nnc(C)o1. The summed E-state index contributed by atoms with van der Waals surface area (Å²) in [6.45, 7) is 6.03. The van der Waals surface area contributed by atoms with Gasteiger partial charge in [0.05, 0.1) is 12.4 Å². The van der Waals surface area contributed by atoms with Gasteiger partial charge < -0.3 is 9.15 Å². The third-order valence-electron chi connectivity index (χ3n) is 2.87. The van der Waals surface area contributed by atoms with Crippen LogP contribution in [0.25, 0.3) is 0 Å². The van der Waals surface area contributed by atoms with Gasteiger partial charge in [0.15, 0.2) is 0 Å². The molecule has 102 valence electrons. The maximum Gasteiger partial charge on any atom is 0.229 e. The van der Waals surface area contributed by atoms with Gasteiger partial charge in [-0.25, -0.2) is 0 Å². The molecule has 0 amide bonds. The molecule has 2 atom stereocenters. The Labute approximate surface area is 117 Å². The molecule has 0 fully saturated rings. The number of nitrogens with zero attached hydrogens (tertiary/aromatic N) is 2. The highest BCUT2D eigenvalue weighted by molar-refractivity contribution is 7.99. The summed E-state index contributed by atoms with van der Waals surface area (Å²) >= 11 is 1.77. The quantitative estimate of drug-likeness (QED) is 0.829. The Hall–Kier alpha value is -1.49. The van der Waals surface area contributed by atoms with E-state index in [0.717, 1.165) is 5.75 Å². The standard InChI is InChI=1S/C14H18N2O2S/c1-9(12-7-5-6-8-13(12)17-4)19-10(2)14-16-15-11(3)18-14/h5-10H,1-4H3/t9-,10-/m1/s1. The molecule has 0 saturated heterocycles. The molecule has 0 aliphatic rings. The lowest BCUT2D eigenvalue weighted by atomic mass is 10.1. The van der Waals surface area contributed by atoms with Gasteiger partial charge in [0.25, 0.3) is 0 Å². The molecule has 0 spiro atoms. The van der Waals surface area contributed by atoms with Crippen molar-refractivity contribution in [1.29, 1.82) is 0 Å². The van der Waals surface area contributed by atoms with Crippen LogP contribution in [-0.4, -0.2) is 17.3 Å². The monoisotopic (exact) mass is 278 g/mol. The van der Waals surface area contributed by atoms with Crippen LogP contribution in [0.1, 0.15) is 41.7 Å². The Bertz CT molecular complexity index is 542. The van der Waals surface area contributed by atoms with Gasteiger partial charge in [-0.2, -0.15) is 0 Å². The summed E-state index contributed by atoms with van der Waals surface area (Å²) in [5.74, 6) is 2.19. The van der Waals surface area contributed by atoms with Crippen molar-refractivity contribution in [3.05, 3.63) is 41.6 Å². The maximum atomic E-state index is 5.46. The number of ether oxygens (including phenoxy) is 1. The summed E-state index contributed by atoms with van der Waals surface area (Å²) in [4.78, 5) is 0. The first-order valence-electron chi connectivity index (χ1n) is 6.20. The lowest BCUT2D eigenvalue weighted by Gasteiger charge is -2.17. The van der Waals surface area contributed by atoms with E-state index in [9.17, 15) is 0 Å². The van der Waals surface area contributed by atoms with Gasteiger partial charge in [0, 0.05) is 17.7 Å². The van der Waals surface area contributed by atoms with E-state index in [0.29, 0.717) is 17.0 Å². The Balaban J connectivity index is 2.10. The molecule has 0 saturated carbocycles. The molecule has 2 rings (SSSR count). The normalized spacial score (nSPS) is 14.1. The molecule has 5 heteroatoms. The van der Waals surface area contributed by atoms with Gasteiger partial charge in [-0.05, 0) is 19.9 Å². The number of hydrogen-bond acceptors (Lipinski definition) is 5. The van der Waals surface area contributed by atoms with Crippen LogP contribution in [0.5, 0.6) is 5.75 Å². The summed E-state index contributed by atoms with van der Waals surface area (Å²) in [5, 5.41) is 8.38. The molecule has 1 heterocycles. The highest BCUT2D eigenvalue weighted by Crippen LogP contribution is 2.42. The largest absolute Gasteiger partial charge is 0.496 e.